The van der Waals surface area contributed by atoms with E-state index >= 15 is 0 Å². The second-order valence-corrected chi connectivity index (χ2v) is 14.4. The summed E-state index contributed by atoms with van der Waals surface area (Å²) in [6.07, 6.45) is 3.22. The molecule has 0 unspecified atom stereocenters. The van der Waals surface area contributed by atoms with Gasteiger partial charge in [-0.3, -0.25) is 9.59 Å². The molecule has 2 aliphatic rings. The molecule has 0 amide bonds. The Hall–Kier alpha value is -4.54. The molecule has 10 nitrogen and oxygen atoms in total. The second-order valence-electron chi connectivity index (χ2n) is 14.4. The second kappa shape index (κ2) is 16.9. The van der Waals surface area contributed by atoms with Gasteiger partial charge in [-0.1, -0.05) is 13.8 Å². The Morgan fingerprint density at radius 3 is 1.42 bits per heavy atom. The molecule has 0 saturated carbocycles. The van der Waals surface area contributed by atoms with E-state index in [1.54, 1.807) is 0 Å². The minimum Gasteiger partial charge on any atom is -0.464 e. The Kier molecular flexibility index (Phi) is 12.5. The lowest BCUT2D eigenvalue weighted by Gasteiger charge is -2.11. The van der Waals surface area contributed by atoms with Gasteiger partial charge in [0, 0.05) is 48.0 Å². The highest BCUT2D eigenvalue weighted by atomic mass is 16.5. The van der Waals surface area contributed by atoms with E-state index in [9.17, 15) is 9.59 Å². The first-order chi connectivity index (χ1) is 24.8. The molecule has 2 aliphatic heterocycles. The summed E-state index contributed by atoms with van der Waals surface area (Å²) in [6, 6.07) is 8.52. The van der Waals surface area contributed by atoms with Crippen molar-refractivity contribution >= 4 is 56.3 Å². The van der Waals surface area contributed by atoms with Gasteiger partial charge in [0.05, 0.1) is 22.8 Å². The van der Waals surface area contributed by atoms with Crippen LogP contribution < -0.4 is 0 Å². The van der Waals surface area contributed by atoms with Crippen LogP contribution in [0.2, 0.25) is 0 Å². The molecule has 10 heteroatoms. The fraction of sp³-hybridized carbons (Fsp3) is 0.476. The normalized spacial score (nSPS) is 13.2. The van der Waals surface area contributed by atoms with Crippen molar-refractivity contribution in [2.24, 2.45) is 0 Å². The molecule has 52 heavy (non-hydrogen) atoms. The van der Waals surface area contributed by atoms with E-state index in [0.717, 1.165) is 80.0 Å². The zero-order valence-electron chi connectivity index (χ0n) is 32.8. The fourth-order valence-electron chi connectivity index (χ4n) is 7.04. The monoisotopic (exact) mass is 708 g/mol. The largest absolute Gasteiger partial charge is 0.464 e. The summed E-state index contributed by atoms with van der Waals surface area (Å²) in [7, 11) is 7.82. The molecule has 0 aliphatic carbocycles. The number of nitrogens with one attached hydrogen (secondary N) is 2. The predicted molar refractivity (Wildman–Crippen MR) is 212 cm³/mol. The Balaban J connectivity index is 1.69. The van der Waals surface area contributed by atoms with Crippen molar-refractivity contribution in [1.29, 1.82) is 0 Å². The number of aromatic nitrogens is 4. The zero-order valence-corrected chi connectivity index (χ0v) is 32.8. The molecular formula is C42H56N6O4. The third kappa shape index (κ3) is 8.73. The van der Waals surface area contributed by atoms with E-state index in [0.29, 0.717) is 39.1 Å². The third-order valence-electron chi connectivity index (χ3n) is 10.3. The van der Waals surface area contributed by atoms with Crippen molar-refractivity contribution in [3.63, 3.8) is 0 Å². The molecule has 0 radical (unpaired) electrons. The molecule has 3 aromatic rings. The van der Waals surface area contributed by atoms with Crippen molar-refractivity contribution in [2.75, 3.05) is 54.5 Å². The third-order valence-corrected chi connectivity index (χ3v) is 10.3. The number of esters is 2. The number of nitrogens with zero attached hydrogens (tertiary/aromatic N) is 4. The number of hydrogen-bond donors (Lipinski definition) is 2. The number of carbonyl (C=O) groups excluding carboxylic acids is 2. The Bertz CT molecular complexity index is 2060. The number of ether oxygens (including phenoxy) is 2. The van der Waals surface area contributed by atoms with Gasteiger partial charge < -0.3 is 29.2 Å². The molecule has 0 atom stereocenters. The lowest BCUT2D eigenvalue weighted by Crippen LogP contribution is -2.20. The predicted octanol–water partition coefficient (Wildman–Crippen LogP) is 7.69. The van der Waals surface area contributed by atoms with Crippen molar-refractivity contribution in [3.8, 4) is 0 Å². The number of allylic oxidation sites excluding steroid dienone is 4. The van der Waals surface area contributed by atoms with Gasteiger partial charge in [-0.25, -0.2) is 9.97 Å². The molecule has 278 valence electrons. The first-order valence-electron chi connectivity index (χ1n) is 18.6. The van der Waals surface area contributed by atoms with E-state index in [1.165, 1.54) is 22.3 Å². The van der Waals surface area contributed by atoms with Crippen LogP contribution in [0.1, 0.15) is 98.4 Å². The zero-order chi connectivity index (χ0) is 37.7. The molecule has 5 rings (SSSR count). The van der Waals surface area contributed by atoms with Crippen LogP contribution in [0.15, 0.2) is 24.3 Å². The van der Waals surface area contributed by atoms with Crippen LogP contribution in [0.4, 0.5) is 0 Å². The summed E-state index contributed by atoms with van der Waals surface area (Å²) in [4.78, 5) is 47.5. The first-order valence-corrected chi connectivity index (χ1v) is 18.6. The summed E-state index contributed by atoms with van der Waals surface area (Å²) >= 11 is 0. The summed E-state index contributed by atoms with van der Waals surface area (Å²) in [5.41, 5.74) is 16.4. The average molecular weight is 709 g/mol. The minimum atomic E-state index is -0.231. The van der Waals surface area contributed by atoms with Crippen LogP contribution in [0, 0.1) is 13.8 Å². The molecule has 0 aromatic carbocycles. The van der Waals surface area contributed by atoms with Crippen molar-refractivity contribution in [2.45, 2.75) is 80.1 Å². The maximum atomic E-state index is 12.8. The first kappa shape index (κ1) is 38.7. The van der Waals surface area contributed by atoms with Gasteiger partial charge in [0.15, 0.2) is 0 Å². The van der Waals surface area contributed by atoms with Crippen LogP contribution in [0.25, 0.3) is 44.4 Å². The Labute approximate surface area is 308 Å². The maximum absolute atomic E-state index is 12.8. The lowest BCUT2D eigenvalue weighted by atomic mass is 9.98. The van der Waals surface area contributed by atoms with Gasteiger partial charge in [0.1, 0.15) is 13.2 Å². The number of aromatic amines is 2. The van der Waals surface area contributed by atoms with E-state index < -0.39 is 0 Å². The van der Waals surface area contributed by atoms with Gasteiger partial charge >= 0.3 is 11.9 Å². The van der Waals surface area contributed by atoms with E-state index in [4.69, 9.17) is 19.4 Å². The molecule has 3 aromatic heterocycles. The van der Waals surface area contributed by atoms with Gasteiger partial charge in [0.2, 0.25) is 0 Å². The standard InChI is InChI=1S/C42H56N6O4/c1-11-29-25(3)33-21-34-27(5)31(13-15-41(49)51-19-17-47(7)8)39(45-34)24-40-32(14-16-42(50)52-20-18-48(9)10)28(6)36(46-40)23-38-30(12-2)26(4)35(44-38)22-37(29)43-33/h21-24,43-44H,11-20H2,1-10H3. The Morgan fingerprint density at radius 2 is 1.00 bits per heavy atom. The number of H-pyrrole nitrogens is 2. The molecule has 8 bridgehead atoms. The van der Waals surface area contributed by atoms with Crippen molar-refractivity contribution < 1.29 is 19.1 Å². The molecule has 0 spiro atoms. The number of hydrogen-bond acceptors (Lipinski definition) is 8. The quantitative estimate of drug-likeness (QED) is 0.164. The van der Waals surface area contributed by atoms with Crippen LogP contribution in [-0.2, 0) is 31.9 Å². The maximum Gasteiger partial charge on any atom is 0.306 e. The topological polar surface area (TPSA) is 116 Å². The van der Waals surface area contributed by atoms with Crippen LogP contribution in [0.5, 0.6) is 0 Å². The lowest BCUT2D eigenvalue weighted by molar-refractivity contribution is -0.144. The number of rotatable bonds is 14. The van der Waals surface area contributed by atoms with Crippen molar-refractivity contribution in [3.05, 3.63) is 69.3 Å². The van der Waals surface area contributed by atoms with Gasteiger partial charge in [0.25, 0.3) is 0 Å². The number of aryl methyl sites for hydroxylation is 4. The smallest absolute Gasteiger partial charge is 0.306 e. The number of carbonyl (C=O) groups is 2. The van der Waals surface area contributed by atoms with Gasteiger partial charge in [-0.2, -0.15) is 0 Å². The van der Waals surface area contributed by atoms with Crippen molar-refractivity contribution in [1.82, 2.24) is 29.7 Å². The molecular weight excluding hydrogens is 652 g/mol. The highest BCUT2D eigenvalue weighted by molar-refractivity contribution is 5.96. The van der Waals surface area contributed by atoms with Crippen LogP contribution in [-0.4, -0.2) is 96.2 Å². The molecule has 0 saturated heterocycles. The SMILES string of the molecule is CCc1c(C)c2cc3[nH]c(cc4nc(cc5nc(cc1[nH]2)C(C)=C5CCC(=O)OCCN(C)C)C(CCC(=O)OCCN(C)C)=C4C)c(C)c3CC. The van der Waals surface area contributed by atoms with E-state index in [-0.39, 0.29) is 24.8 Å². The van der Waals surface area contributed by atoms with Gasteiger partial charge in [-0.15, -0.1) is 0 Å². The summed E-state index contributed by atoms with van der Waals surface area (Å²) in [5, 5.41) is 0. The highest BCUT2D eigenvalue weighted by Gasteiger charge is 2.23. The van der Waals surface area contributed by atoms with Crippen LogP contribution >= 0.6 is 0 Å². The average Bonchev–Trinajstić information content (AvgIpc) is 3.75. The van der Waals surface area contributed by atoms with E-state index in [2.05, 4.69) is 69.7 Å². The number of likely N-dealkylation sites (N-methyl/N-ethyl adjacent to an activating group) is 2. The minimum absolute atomic E-state index is 0.231. The number of fused-ring (bicyclic) bond motifs is 8. The molecule has 5 heterocycles. The summed E-state index contributed by atoms with van der Waals surface area (Å²) in [5.74, 6) is -0.463. The van der Waals surface area contributed by atoms with E-state index in [1.807, 2.05) is 44.1 Å². The van der Waals surface area contributed by atoms with Gasteiger partial charge in [-0.05, 0) is 150 Å². The summed E-state index contributed by atoms with van der Waals surface area (Å²) < 4.78 is 11.1. The van der Waals surface area contributed by atoms with Crippen LogP contribution in [0.3, 0.4) is 0 Å². The Morgan fingerprint density at radius 1 is 0.596 bits per heavy atom. The molecule has 0 fully saturated rings. The fourth-order valence-corrected chi connectivity index (χ4v) is 7.04. The highest BCUT2D eigenvalue weighted by Crippen LogP contribution is 2.38. The summed E-state index contributed by atoms with van der Waals surface area (Å²) in [6.45, 7) is 14.9. The molecule has 2 N–H and O–H groups in total.